The number of rotatable bonds is 1. The van der Waals surface area contributed by atoms with Gasteiger partial charge in [0.2, 0.25) is 0 Å². The molecule has 1 aromatic rings. The minimum Gasteiger partial charge on any atom is -0.374 e. The summed E-state index contributed by atoms with van der Waals surface area (Å²) in [5.41, 5.74) is 1.33. The lowest BCUT2D eigenvalue weighted by molar-refractivity contribution is -0.00632. The molecule has 1 heterocycles. The largest absolute Gasteiger partial charge is 0.374 e. The predicted molar refractivity (Wildman–Crippen MR) is 53.5 cm³/mol. The second kappa shape index (κ2) is 3.93. The molecule has 2 atom stereocenters. The molecule has 2 rings (SSSR count). The van der Waals surface area contributed by atoms with Crippen molar-refractivity contribution in [3.8, 4) is 0 Å². The van der Waals surface area contributed by atoms with E-state index in [4.69, 9.17) is 4.74 Å². The molecule has 1 saturated heterocycles. The van der Waals surface area contributed by atoms with Gasteiger partial charge < -0.3 is 4.74 Å². The fourth-order valence-electron chi connectivity index (χ4n) is 1.86. The van der Waals surface area contributed by atoms with E-state index in [2.05, 4.69) is 37.3 Å². The smallest absolute Gasteiger partial charge is 0.0827 e. The maximum atomic E-state index is 5.73. The molecule has 0 aliphatic carbocycles. The maximum Gasteiger partial charge on any atom is 0.0827 e. The van der Waals surface area contributed by atoms with E-state index in [1.54, 1.807) is 0 Å². The highest BCUT2D eigenvalue weighted by atomic mass is 16.5. The summed E-state index contributed by atoms with van der Waals surface area (Å²) in [5, 5.41) is 0. The van der Waals surface area contributed by atoms with Crippen LogP contribution in [0.25, 0.3) is 0 Å². The van der Waals surface area contributed by atoms with Gasteiger partial charge in [-0.15, -0.1) is 0 Å². The van der Waals surface area contributed by atoms with Crippen molar-refractivity contribution in [2.75, 3.05) is 6.61 Å². The number of ether oxygens (including phenoxy) is 1. The van der Waals surface area contributed by atoms with E-state index >= 15 is 0 Å². The Labute approximate surface area is 79.7 Å². The third-order valence-electron chi connectivity index (χ3n) is 2.72. The van der Waals surface area contributed by atoms with E-state index in [0.29, 0.717) is 6.10 Å². The molecule has 0 spiro atoms. The first-order valence-corrected chi connectivity index (χ1v) is 5.03. The molecule has 0 saturated carbocycles. The Kier molecular flexibility index (Phi) is 2.65. The van der Waals surface area contributed by atoms with Crippen molar-refractivity contribution in [1.29, 1.82) is 0 Å². The normalized spacial score (nSPS) is 28.7. The molecule has 0 aromatic heterocycles. The van der Waals surface area contributed by atoms with Crippen molar-refractivity contribution in [3.63, 3.8) is 0 Å². The average Bonchev–Trinajstić information content (AvgIpc) is 2.19. The molecule has 0 radical (unpaired) electrons. The monoisotopic (exact) mass is 176 g/mol. The van der Waals surface area contributed by atoms with Crippen LogP contribution in [0, 0.1) is 5.92 Å². The third-order valence-corrected chi connectivity index (χ3v) is 2.72. The van der Waals surface area contributed by atoms with Gasteiger partial charge in [-0.1, -0.05) is 37.3 Å². The summed E-state index contributed by atoms with van der Waals surface area (Å²) in [6, 6.07) is 10.5. The molecule has 1 fully saturated rings. The van der Waals surface area contributed by atoms with Gasteiger partial charge in [-0.25, -0.2) is 0 Å². The predicted octanol–water partition coefficient (Wildman–Crippen LogP) is 3.17. The SMILES string of the molecule is C[C@H]1CCO[C@@H](c2ccccc2)C1. The molecule has 1 aliphatic rings. The molecular formula is C12H16O. The van der Waals surface area contributed by atoms with Gasteiger partial charge in [0, 0.05) is 6.61 Å². The number of hydrogen-bond donors (Lipinski definition) is 0. The topological polar surface area (TPSA) is 9.23 Å². The Hall–Kier alpha value is -0.820. The van der Waals surface area contributed by atoms with Crippen molar-refractivity contribution < 1.29 is 4.74 Å². The van der Waals surface area contributed by atoms with Gasteiger partial charge >= 0.3 is 0 Å². The van der Waals surface area contributed by atoms with Gasteiger partial charge in [0.1, 0.15) is 0 Å². The molecule has 13 heavy (non-hydrogen) atoms. The summed E-state index contributed by atoms with van der Waals surface area (Å²) >= 11 is 0. The Balaban J connectivity index is 2.08. The van der Waals surface area contributed by atoms with Crippen LogP contribution in [-0.4, -0.2) is 6.61 Å². The van der Waals surface area contributed by atoms with Gasteiger partial charge in [0.05, 0.1) is 6.10 Å². The van der Waals surface area contributed by atoms with E-state index in [0.717, 1.165) is 12.5 Å². The van der Waals surface area contributed by atoms with Crippen LogP contribution in [0.4, 0.5) is 0 Å². The van der Waals surface area contributed by atoms with Crippen molar-refractivity contribution in [2.45, 2.75) is 25.9 Å². The number of benzene rings is 1. The lowest BCUT2D eigenvalue weighted by Crippen LogP contribution is -2.17. The molecular weight excluding hydrogens is 160 g/mol. The average molecular weight is 176 g/mol. The van der Waals surface area contributed by atoms with Crippen LogP contribution in [0.15, 0.2) is 30.3 Å². The lowest BCUT2D eigenvalue weighted by atomic mass is 9.94. The van der Waals surface area contributed by atoms with E-state index in [-0.39, 0.29) is 0 Å². The van der Waals surface area contributed by atoms with Crippen molar-refractivity contribution in [1.82, 2.24) is 0 Å². The third kappa shape index (κ3) is 2.10. The lowest BCUT2D eigenvalue weighted by Gasteiger charge is -2.27. The van der Waals surface area contributed by atoms with Crippen molar-refractivity contribution in [2.24, 2.45) is 5.92 Å². The zero-order valence-corrected chi connectivity index (χ0v) is 8.07. The first-order chi connectivity index (χ1) is 6.36. The molecule has 0 bridgehead atoms. The molecule has 0 unspecified atom stereocenters. The summed E-state index contributed by atoms with van der Waals surface area (Å²) in [5.74, 6) is 0.805. The van der Waals surface area contributed by atoms with E-state index < -0.39 is 0 Å². The molecule has 0 N–H and O–H groups in total. The Bertz CT molecular complexity index is 255. The van der Waals surface area contributed by atoms with Gasteiger partial charge in [-0.05, 0) is 24.3 Å². The molecule has 1 nitrogen and oxygen atoms in total. The van der Waals surface area contributed by atoms with Gasteiger partial charge in [-0.2, -0.15) is 0 Å². The molecule has 1 aliphatic heterocycles. The minimum absolute atomic E-state index is 0.338. The Morgan fingerprint density at radius 1 is 1.23 bits per heavy atom. The highest BCUT2D eigenvalue weighted by molar-refractivity contribution is 5.17. The fraction of sp³-hybridized carbons (Fsp3) is 0.500. The van der Waals surface area contributed by atoms with Gasteiger partial charge in [0.25, 0.3) is 0 Å². The summed E-state index contributed by atoms with van der Waals surface area (Å²) in [4.78, 5) is 0. The van der Waals surface area contributed by atoms with Crippen LogP contribution in [0.2, 0.25) is 0 Å². The molecule has 0 amide bonds. The minimum atomic E-state index is 0.338. The summed E-state index contributed by atoms with van der Waals surface area (Å²) in [7, 11) is 0. The van der Waals surface area contributed by atoms with Crippen LogP contribution in [-0.2, 0) is 4.74 Å². The van der Waals surface area contributed by atoms with E-state index in [1.165, 1.54) is 18.4 Å². The Morgan fingerprint density at radius 3 is 2.69 bits per heavy atom. The maximum absolute atomic E-state index is 5.73. The highest BCUT2D eigenvalue weighted by Crippen LogP contribution is 2.30. The second-order valence-electron chi connectivity index (χ2n) is 3.90. The molecule has 70 valence electrons. The molecule has 1 heteroatoms. The van der Waals surface area contributed by atoms with Crippen LogP contribution in [0.5, 0.6) is 0 Å². The van der Waals surface area contributed by atoms with Gasteiger partial charge in [-0.3, -0.25) is 0 Å². The quantitative estimate of drug-likeness (QED) is 0.638. The van der Waals surface area contributed by atoms with Crippen LogP contribution >= 0.6 is 0 Å². The van der Waals surface area contributed by atoms with Crippen LogP contribution in [0.3, 0.4) is 0 Å². The fourth-order valence-corrected chi connectivity index (χ4v) is 1.86. The van der Waals surface area contributed by atoms with Crippen LogP contribution in [0.1, 0.15) is 31.4 Å². The zero-order chi connectivity index (χ0) is 9.10. The van der Waals surface area contributed by atoms with Crippen LogP contribution < -0.4 is 0 Å². The first-order valence-electron chi connectivity index (χ1n) is 5.03. The van der Waals surface area contributed by atoms with Crippen molar-refractivity contribution >= 4 is 0 Å². The van der Waals surface area contributed by atoms with E-state index in [9.17, 15) is 0 Å². The van der Waals surface area contributed by atoms with Crippen molar-refractivity contribution in [3.05, 3.63) is 35.9 Å². The second-order valence-corrected chi connectivity index (χ2v) is 3.90. The standard InChI is InChI=1S/C12H16O/c1-10-7-8-13-12(9-10)11-5-3-2-4-6-11/h2-6,10,12H,7-9H2,1H3/t10-,12+/m0/s1. The summed E-state index contributed by atoms with van der Waals surface area (Å²) < 4.78 is 5.73. The summed E-state index contributed by atoms with van der Waals surface area (Å²) in [6.45, 7) is 3.22. The van der Waals surface area contributed by atoms with Gasteiger partial charge in [0.15, 0.2) is 0 Å². The zero-order valence-electron chi connectivity index (χ0n) is 8.07. The first kappa shape index (κ1) is 8.76. The van der Waals surface area contributed by atoms with E-state index in [1.807, 2.05) is 0 Å². The summed E-state index contributed by atoms with van der Waals surface area (Å²) in [6.07, 6.45) is 2.72. The molecule has 1 aromatic carbocycles. The Morgan fingerprint density at radius 2 is 2.00 bits per heavy atom. The highest BCUT2D eigenvalue weighted by Gasteiger charge is 2.20. The number of hydrogen-bond acceptors (Lipinski definition) is 1.